The summed E-state index contributed by atoms with van der Waals surface area (Å²) in [7, 11) is 0. The Bertz CT molecular complexity index is 752. The van der Waals surface area contributed by atoms with Crippen LogP contribution in [0.5, 0.6) is 0 Å². The summed E-state index contributed by atoms with van der Waals surface area (Å²) in [6, 6.07) is 14.3. The van der Waals surface area contributed by atoms with E-state index in [-0.39, 0.29) is 0 Å². The number of nitrogens with zero attached hydrogens (tertiary/aromatic N) is 2. The van der Waals surface area contributed by atoms with E-state index in [0.29, 0.717) is 18.1 Å². The first-order valence-corrected chi connectivity index (χ1v) is 9.72. The number of benzene rings is 2. The second-order valence-electron chi connectivity index (χ2n) is 6.36. The molecule has 1 unspecified atom stereocenters. The number of morpholine rings is 1. The number of aliphatic hydroxyl groups excluding tert-OH is 1. The maximum Gasteiger partial charge on any atom is 0.0846 e. The van der Waals surface area contributed by atoms with Gasteiger partial charge in [-0.2, -0.15) is 0 Å². The number of hydrogen-bond acceptors (Lipinski definition) is 5. The zero-order chi connectivity index (χ0) is 17.2. The van der Waals surface area contributed by atoms with Gasteiger partial charge < -0.3 is 14.7 Å². The molecule has 2 aromatic carbocycles. The van der Waals surface area contributed by atoms with Crippen LogP contribution >= 0.6 is 23.4 Å². The minimum absolute atomic E-state index is 0.443. The summed E-state index contributed by atoms with van der Waals surface area (Å²) in [4.78, 5) is 6.83. The summed E-state index contributed by atoms with van der Waals surface area (Å²) >= 11 is 7.99. The van der Waals surface area contributed by atoms with Gasteiger partial charge in [0.2, 0.25) is 0 Å². The highest BCUT2D eigenvalue weighted by Gasteiger charge is 2.26. The predicted octanol–water partition coefficient (Wildman–Crippen LogP) is 3.64. The van der Waals surface area contributed by atoms with Crippen LogP contribution in [-0.4, -0.2) is 55.5 Å². The summed E-state index contributed by atoms with van der Waals surface area (Å²) in [6.07, 6.45) is -0.443. The van der Waals surface area contributed by atoms with Crippen LogP contribution in [0, 0.1) is 0 Å². The van der Waals surface area contributed by atoms with Crippen molar-refractivity contribution in [3.05, 3.63) is 47.5 Å². The van der Waals surface area contributed by atoms with E-state index >= 15 is 0 Å². The zero-order valence-electron chi connectivity index (χ0n) is 13.9. The van der Waals surface area contributed by atoms with Gasteiger partial charge in [0.25, 0.3) is 0 Å². The second-order valence-corrected chi connectivity index (χ2v) is 7.88. The highest BCUT2D eigenvalue weighted by molar-refractivity contribution is 7.99. The first-order valence-electron chi connectivity index (χ1n) is 8.53. The minimum atomic E-state index is -0.443. The fraction of sp³-hybridized carbons (Fsp3) is 0.368. The van der Waals surface area contributed by atoms with E-state index in [1.54, 1.807) is 11.8 Å². The molecule has 2 heterocycles. The van der Waals surface area contributed by atoms with Crippen molar-refractivity contribution in [3.63, 3.8) is 0 Å². The molecule has 2 aliphatic heterocycles. The molecule has 0 bridgehead atoms. The van der Waals surface area contributed by atoms with Crippen molar-refractivity contribution in [1.29, 1.82) is 0 Å². The number of rotatable bonds is 4. The zero-order valence-corrected chi connectivity index (χ0v) is 15.5. The van der Waals surface area contributed by atoms with E-state index < -0.39 is 6.10 Å². The summed E-state index contributed by atoms with van der Waals surface area (Å²) < 4.78 is 5.39. The fourth-order valence-electron chi connectivity index (χ4n) is 3.35. The molecule has 0 radical (unpaired) electrons. The predicted molar refractivity (Wildman–Crippen MR) is 102 cm³/mol. The molecule has 2 aliphatic rings. The molecule has 0 aliphatic carbocycles. The second kappa shape index (κ2) is 7.56. The lowest BCUT2D eigenvalue weighted by atomic mass is 10.2. The van der Waals surface area contributed by atoms with Crippen LogP contribution in [0.1, 0.15) is 0 Å². The largest absolute Gasteiger partial charge is 0.390 e. The van der Waals surface area contributed by atoms with Crippen LogP contribution in [-0.2, 0) is 4.74 Å². The molecule has 2 aromatic rings. The van der Waals surface area contributed by atoms with E-state index in [4.69, 9.17) is 16.3 Å². The third-order valence-electron chi connectivity index (χ3n) is 4.55. The average Bonchev–Trinajstić information content (AvgIpc) is 2.63. The van der Waals surface area contributed by atoms with Crippen molar-refractivity contribution in [2.45, 2.75) is 15.9 Å². The van der Waals surface area contributed by atoms with Gasteiger partial charge in [-0.1, -0.05) is 35.5 Å². The normalized spacial score (nSPS) is 18.6. The van der Waals surface area contributed by atoms with Crippen LogP contribution in [0.2, 0.25) is 5.02 Å². The lowest BCUT2D eigenvalue weighted by Crippen LogP contribution is -2.44. The van der Waals surface area contributed by atoms with Gasteiger partial charge >= 0.3 is 0 Å². The quantitative estimate of drug-likeness (QED) is 0.881. The molecular formula is C19H21ClN2O2S. The van der Waals surface area contributed by atoms with Crippen LogP contribution in [0.15, 0.2) is 52.3 Å². The molecule has 1 saturated heterocycles. The molecule has 1 fully saturated rings. The minimum Gasteiger partial charge on any atom is -0.390 e. The summed E-state index contributed by atoms with van der Waals surface area (Å²) in [5.41, 5.74) is 2.19. The first kappa shape index (κ1) is 17.2. The maximum atomic E-state index is 10.7. The van der Waals surface area contributed by atoms with Crippen LogP contribution in [0.4, 0.5) is 11.4 Å². The van der Waals surface area contributed by atoms with Gasteiger partial charge in [-0.25, -0.2) is 0 Å². The van der Waals surface area contributed by atoms with Gasteiger partial charge in [-0.15, -0.1) is 0 Å². The van der Waals surface area contributed by atoms with Crippen LogP contribution in [0.25, 0.3) is 0 Å². The van der Waals surface area contributed by atoms with Crippen molar-refractivity contribution in [1.82, 2.24) is 4.90 Å². The van der Waals surface area contributed by atoms with E-state index in [1.807, 2.05) is 18.2 Å². The Labute approximate surface area is 157 Å². The fourth-order valence-corrected chi connectivity index (χ4v) is 4.59. The Kier molecular flexibility index (Phi) is 5.20. The number of ether oxygens (including phenoxy) is 1. The van der Waals surface area contributed by atoms with E-state index in [9.17, 15) is 5.11 Å². The highest BCUT2D eigenvalue weighted by Crippen LogP contribution is 2.48. The lowest BCUT2D eigenvalue weighted by Gasteiger charge is -2.36. The third-order valence-corrected chi connectivity index (χ3v) is 5.92. The summed E-state index contributed by atoms with van der Waals surface area (Å²) in [5.74, 6) is 0. The van der Waals surface area contributed by atoms with E-state index in [2.05, 4.69) is 34.1 Å². The molecule has 25 heavy (non-hydrogen) atoms. The van der Waals surface area contributed by atoms with E-state index in [0.717, 1.165) is 37.7 Å². The Morgan fingerprint density at radius 2 is 1.80 bits per heavy atom. The Morgan fingerprint density at radius 1 is 1.04 bits per heavy atom. The molecule has 4 rings (SSSR count). The average molecular weight is 377 g/mol. The monoisotopic (exact) mass is 376 g/mol. The lowest BCUT2D eigenvalue weighted by molar-refractivity contribution is 0.0164. The van der Waals surface area contributed by atoms with Gasteiger partial charge in [0.1, 0.15) is 0 Å². The molecule has 0 spiro atoms. The SMILES string of the molecule is OC(CN1CCOCC1)CN1c2ccccc2Sc2ccc(Cl)cc21. The number of aliphatic hydroxyl groups is 1. The number of halogens is 1. The summed E-state index contributed by atoms with van der Waals surface area (Å²) in [5, 5.41) is 11.4. The number of fused-ring (bicyclic) bond motifs is 2. The number of hydrogen-bond donors (Lipinski definition) is 1. The number of para-hydroxylation sites is 1. The molecule has 0 aromatic heterocycles. The summed E-state index contributed by atoms with van der Waals surface area (Å²) in [6.45, 7) is 4.45. The molecule has 0 amide bonds. The van der Waals surface area contributed by atoms with Crippen molar-refractivity contribution in [2.75, 3.05) is 44.3 Å². The number of β-amino-alcohol motifs (C(OH)–C–C–N with tert-alkyl or cyclic N) is 1. The Hall–Kier alpha value is -1.24. The van der Waals surface area contributed by atoms with Crippen molar-refractivity contribution in [3.8, 4) is 0 Å². The molecular weight excluding hydrogens is 356 g/mol. The standard InChI is InChI=1S/C19H21ClN2O2S/c20-14-5-6-19-17(11-14)22(16-3-1-2-4-18(16)25-19)13-15(23)12-21-7-9-24-10-8-21/h1-6,11,15,23H,7-10,12-13H2. The Balaban J connectivity index is 1.58. The molecule has 0 saturated carbocycles. The highest BCUT2D eigenvalue weighted by atomic mass is 35.5. The smallest absolute Gasteiger partial charge is 0.0846 e. The topological polar surface area (TPSA) is 35.9 Å². The van der Waals surface area contributed by atoms with Crippen LogP contribution < -0.4 is 4.90 Å². The molecule has 6 heteroatoms. The molecule has 1 atom stereocenters. The van der Waals surface area contributed by atoms with E-state index in [1.165, 1.54) is 9.79 Å². The first-order chi connectivity index (χ1) is 12.2. The van der Waals surface area contributed by atoms with Gasteiger partial charge in [0, 0.05) is 34.4 Å². The van der Waals surface area contributed by atoms with Crippen molar-refractivity contribution >= 4 is 34.7 Å². The van der Waals surface area contributed by atoms with Gasteiger partial charge in [0.05, 0.1) is 37.2 Å². The third kappa shape index (κ3) is 3.81. The molecule has 4 nitrogen and oxygen atoms in total. The Morgan fingerprint density at radius 3 is 2.64 bits per heavy atom. The van der Waals surface area contributed by atoms with Gasteiger partial charge in [-0.05, 0) is 30.3 Å². The van der Waals surface area contributed by atoms with Crippen molar-refractivity contribution in [2.24, 2.45) is 0 Å². The maximum absolute atomic E-state index is 10.7. The molecule has 1 N–H and O–H groups in total. The van der Waals surface area contributed by atoms with Crippen LogP contribution in [0.3, 0.4) is 0 Å². The van der Waals surface area contributed by atoms with Gasteiger partial charge in [-0.3, -0.25) is 4.90 Å². The van der Waals surface area contributed by atoms with Crippen molar-refractivity contribution < 1.29 is 9.84 Å². The molecule has 132 valence electrons. The number of anilines is 2. The van der Waals surface area contributed by atoms with Gasteiger partial charge in [0.15, 0.2) is 0 Å².